The maximum absolute atomic E-state index is 12.3. The average Bonchev–Trinajstić information content (AvgIpc) is 2.64. The summed E-state index contributed by atoms with van der Waals surface area (Å²) in [7, 11) is 0. The second-order valence-corrected chi connectivity index (χ2v) is 6.36. The minimum Gasteiger partial charge on any atom is -0.322 e. The Morgan fingerprint density at radius 2 is 1.71 bits per heavy atom. The second kappa shape index (κ2) is 7.41. The van der Waals surface area contributed by atoms with Crippen LogP contribution in [0.4, 0.5) is 5.69 Å². The molecule has 2 aromatic carbocycles. The molecule has 24 heavy (non-hydrogen) atoms. The number of hydrogen-bond donors (Lipinski definition) is 1. The summed E-state index contributed by atoms with van der Waals surface area (Å²) in [5.41, 5.74) is 4.50. The van der Waals surface area contributed by atoms with Gasteiger partial charge in [-0.2, -0.15) is 0 Å². The molecule has 4 heteroatoms. The molecule has 0 aliphatic heterocycles. The monoisotopic (exact) mass is 380 g/mol. The number of nitrogens with zero attached hydrogens (tertiary/aromatic N) is 1. The first-order chi connectivity index (χ1) is 11.7. The van der Waals surface area contributed by atoms with E-state index in [2.05, 4.69) is 39.2 Å². The van der Waals surface area contributed by atoms with E-state index in [1.54, 1.807) is 0 Å². The molecule has 3 nitrogen and oxygen atoms in total. The second-order valence-electron chi connectivity index (χ2n) is 5.44. The number of aromatic nitrogens is 1. The molecule has 0 unspecified atom stereocenters. The molecule has 0 aliphatic carbocycles. The highest BCUT2D eigenvalue weighted by Gasteiger charge is 2.07. The van der Waals surface area contributed by atoms with Crippen molar-refractivity contribution in [3.05, 3.63) is 82.5 Å². The highest BCUT2D eigenvalue weighted by molar-refractivity contribution is 9.10. The lowest BCUT2D eigenvalue weighted by atomic mass is 10.1. The number of carbonyl (C=O) groups is 1. The van der Waals surface area contributed by atoms with Gasteiger partial charge in [-0.25, -0.2) is 0 Å². The van der Waals surface area contributed by atoms with Crippen LogP contribution in [0.2, 0.25) is 0 Å². The summed E-state index contributed by atoms with van der Waals surface area (Å²) in [5, 5.41) is 2.88. The number of amides is 1. The van der Waals surface area contributed by atoms with Gasteiger partial charge in [-0.15, -0.1) is 0 Å². The summed E-state index contributed by atoms with van der Waals surface area (Å²) in [6.45, 7) is 2.11. The molecular formula is C20H17BrN2O. The molecule has 1 heterocycles. The van der Waals surface area contributed by atoms with Crippen LogP contribution in [0.5, 0.6) is 0 Å². The van der Waals surface area contributed by atoms with Gasteiger partial charge in [0.15, 0.2) is 0 Å². The number of halogens is 1. The van der Waals surface area contributed by atoms with E-state index < -0.39 is 0 Å². The third kappa shape index (κ3) is 3.89. The molecule has 120 valence electrons. The highest BCUT2D eigenvalue weighted by Crippen LogP contribution is 2.19. The predicted octanol–water partition coefficient (Wildman–Crippen LogP) is 5.33. The van der Waals surface area contributed by atoms with E-state index in [4.69, 9.17) is 0 Å². The van der Waals surface area contributed by atoms with Gasteiger partial charge in [-0.1, -0.05) is 41.1 Å². The number of hydrogen-bond acceptors (Lipinski definition) is 2. The first-order valence-corrected chi connectivity index (χ1v) is 8.57. The largest absolute Gasteiger partial charge is 0.322 e. The van der Waals surface area contributed by atoms with E-state index in [9.17, 15) is 4.79 Å². The lowest BCUT2D eigenvalue weighted by Gasteiger charge is -2.07. The summed E-state index contributed by atoms with van der Waals surface area (Å²) in [4.78, 5) is 16.8. The Labute approximate surface area is 149 Å². The Morgan fingerprint density at radius 3 is 2.29 bits per heavy atom. The minimum absolute atomic E-state index is 0.127. The fourth-order valence-corrected chi connectivity index (χ4v) is 2.60. The lowest BCUT2D eigenvalue weighted by Crippen LogP contribution is -2.11. The normalized spacial score (nSPS) is 10.4. The molecule has 0 saturated heterocycles. The van der Waals surface area contributed by atoms with Crippen molar-refractivity contribution in [2.24, 2.45) is 0 Å². The van der Waals surface area contributed by atoms with Crippen molar-refractivity contribution in [2.45, 2.75) is 13.3 Å². The maximum Gasteiger partial charge on any atom is 0.255 e. The van der Waals surface area contributed by atoms with E-state index in [-0.39, 0.29) is 5.91 Å². The lowest BCUT2D eigenvalue weighted by molar-refractivity contribution is 0.102. The van der Waals surface area contributed by atoms with Crippen LogP contribution in [0, 0.1) is 0 Å². The molecule has 0 spiro atoms. The number of rotatable bonds is 4. The highest BCUT2D eigenvalue weighted by atomic mass is 79.9. The van der Waals surface area contributed by atoms with Crippen LogP contribution in [-0.2, 0) is 6.42 Å². The van der Waals surface area contributed by atoms with Crippen LogP contribution in [-0.4, -0.2) is 10.9 Å². The molecule has 0 radical (unpaired) electrons. The molecule has 0 fully saturated rings. The fraction of sp³-hybridized carbons (Fsp3) is 0.100. The van der Waals surface area contributed by atoms with Crippen LogP contribution in [0.15, 0.2) is 71.3 Å². The minimum atomic E-state index is -0.127. The van der Waals surface area contributed by atoms with Gasteiger partial charge in [0.05, 0.1) is 5.69 Å². The Morgan fingerprint density at radius 1 is 1.00 bits per heavy atom. The third-order valence-electron chi connectivity index (χ3n) is 3.78. The predicted molar refractivity (Wildman–Crippen MR) is 101 cm³/mol. The standard InChI is InChI=1S/C20H17BrN2O/c1-2-14-3-12-19(22-13-14)15-4-6-16(7-5-15)20(24)23-18-10-8-17(21)9-11-18/h3-13H,2H2,1H3,(H,23,24). The summed E-state index contributed by atoms with van der Waals surface area (Å²) in [6.07, 6.45) is 2.87. The van der Waals surface area contributed by atoms with Gasteiger partial charge in [0.25, 0.3) is 5.91 Å². The number of aryl methyl sites for hydroxylation is 1. The van der Waals surface area contributed by atoms with Crippen LogP contribution in [0.1, 0.15) is 22.8 Å². The third-order valence-corrected chi connectivity index (χ3v) is 4.31. The molecule has 3 rings (SSSR count). The number of pyridine rings is 1. The van der Waals surface area contributed by atoms with Crippen LogP contribution < -0.4 is 5.32 Å². The van der Waals surface area contributed by atoms with Gasteiger partial charge < -0.3 is 5.32 Å². The van der Waals surface area contributed by atoms with Crippen molar-refractivity contribution in [3.63, 3.8) is 0 Å². The van der Waals surface area contributed by atoms with Crippen molar-refractivity contribution in [1.29, 1.82) is 0 Å². The van der Waals surface area contributed by atoms with Gasteiger partial charge in [-0.3, -0.25) is 9.78 Å². The van der Waals surface area contributed by atoms with E-state index in [1.807, 2.05) is 60.8 Å². The van der Waals surface area contributed by atoms with Crippen molar-refractivity contribution in [2.75, 3.05) is 5.32 Å². The number of anilines is 1. The molecule has 3 aromatic rings. The summed E-state index contributed by atoms with van der Waals surface area (Å²) in [5.74, 6) is -0.127. The SMILES string of the molecule is CCc1ccc(-c2ccc(C(=O)Nc3ccc(Br)cc3)cc2)nc1. The quantitative estimate of drug-likeness (QED) is 0.664. The zero-order chi connectivity index (χ0) is 16.9. The Hall–Kier alpha value is -2.46. The first kappa shape index (κ1) is 16.4. The molecule has 0 bridgehead atoms. The molecule has 0 atom stereocenters. The fourth-order valence-electron chi connectivity index (χ4n) is 2.33. The van der Waals surface area contributed by atoms with Crippen LogP contribution in [0.3, 0.4) is 0 Å². The number of carbonyl (C=O) groups excluding carboxylic acids is 1. The van der Waals surface area contributed by atoms with Crippen molar-refractivity contribution >= 4 is 27.5 Å². The van der Waals surface area contributed by atoms with Gasteiger partial charge >= 0.3 is 0 Å². The van der Waals surface area contributed by atoms with Crippen molar-refractivity contribution in [3.8, 4) is 11.3 Å². The Kier molecular flexibility index (Phi) is 5.06. The molecule has 0 saturated carbocycles. The smallest absolute Gasteiger partial charge is 0.255 e. The summed E-state index contributed by atoms with van der Waals surface area (Å²) in [6, 6.07) is 19.1. The van der Waals surface area contributed by atoms with E-state index >= 15 is 0 Å². The van der Waals surface area contributed by atoms with Crippen molar-refractivity contribution in [1.82, 2.24) is 4.98 Å². The van der Waals surface area contributed by atoms with Crippen LogP contribution >= 0.6 is 15.9 Å². The van der Waals surface area contributed by atoms with E-state index in [1.165, 1.54) is 5.56 Å². The van der Waals surface area contributed by atoms with Gasteiger partial charge in [0.1, 0.15) is 0 Å². The average molecular weight is 381 g/mol. The summed E-state index contributed by atoms with van der Waals surface area (Å²) >= 11 is 3.38. The zero-order valence-electron chi connectivity index (χ0n) is 13.3. The summed E-state index contributed by atoms with van der Waals surface area (Å²) < 4.78 is 0.978. The maximum atomic E-state index is 12.3. The van der Waals surface area contributed by atoms with Gasteiger partial charge in [0.2, 0.25) is 0 Å². The topological polar surface area (TPSA) is 42.0 Å². The molecule has 1 aromatic heterocycles. The molecule has 0 aliphatic rings. The number of nitrogens with one attached hydrogen (secondary N) is 1. The molecule has 1 amide bonds. The van der Waals surface area contributed by atoms with E-state index in [0.29, 0.717) is 5.56 Å². The molecular weight excluding hydrogens is 364 g/mol. The first-order valence-electron chi connectivity index (χ1n) is 7.78. The van der Waals surface area contributed by atoms with Gasteiger partial charge in [0, 0.05) is 27.5 Å². The Balaban J connectivity index is 1.73. The van der Waals surface area contributed by atoms with Crippen molar-refractivity contribution < 1.29 is 4.79 Å². The van der Waals surface area contributed by atoms with E-state index in [0.717, 1.165) is 27.8 Å². The number of benzene rings is 2. The van der Waals surface area contributed by atoms with Crippen LogP contribution in [0.25, 0.3) is 11.3 Å². The zero-order valence-corrected chi connectivity index (χ0v) is 14.9. The van der Waals surface area contributed by atoms with Gasteiger partial charge in [-0.05, 0) is 54.4 Å². The molecule has 1 N–H and O–H groups in total. The Bertz CT molecular complexity index is 825.